The van der Waals surface area contributed by atoms with Gasteiger partial charge in [-0.3, -0.25) is 4.79 Å². The van der Waals surface area contributed by atoms with Crippen LogP contribution in [-0.2, 0) is 14.8 Å². The molecule has 0 atom stereocenters. The van der Waals surface area contributed by atoms with Crippen LogP contribution in [0.5, 0.6) is 0 Å². The number of hydrogen-bond acceptors (Lipinski definition) is 3. The summed E-state index contributed by atoms with van der Waals surface area (Å²) in [4.78, 5) is 11.5. The Labute approximate surface area is 124 Å². The maximum atomic E-state index is 12.0. The third-order valence-corrected chi connectivity index (χ3v) is 4.44. The van der Waals surface area contributed by atoms with Gasteiger partial charge in [0.25, 0.3) is 0 Å². The van der Waals surface area contributed by atoms with Crippen LogP contribution < -0.4 is 10.0 Å². The zero-order chi connectivity index (χ0) is 15.2. The van der Waals surface area contributed by atoms with Crippen molar-refractivity contribution in [3.05, 3.63) is 29.3 Å². The Bertz CT molecular complexity index is 558. The highest BCUT2D eigenvalue weighted by molar-refractivity contribution is 7.89. The van der Waals surface area contributed by atoms with Gasteiger partial charge in [-0.2, -0.15) is 0 Å². The lowest BCUT2D eigenvalue weighted by molar-refractivity contribution is -0.121. The number of hydrogen-bond donors (Lipinski definition) is 2. The number of amides is 1. The second-order valence-electron chi connectivity index (χ2n) is 4.78. The molecular formula is C13H19ClN2O3S. The van der Waals surface area contributed by atoms with Gasteiger partial charge >= 0.3 is 0 Å². The van der Waals surface area contributed by atoms with Gasteiger partial charge in [-0.15, -0.1) is 0 Å². The summed E-state index contributed by atoms with van der Waals surface area (Å²) in [6.45, 7) is 4.59. The average Bonchev–Trinajstić information content (AvgIpc) is 2.36. The Morgan fingerprint density at radius 2 is 1.95 bits per heavy atom. The molecule has 0 aliphatic rings. The number of rotatable bonds is 7. The number of sulfonamides is 1. The summed E-state index contributed by atoms with van der Waals surface area (Å²) in [5.74, 6) is 0.180. The van der Waals surface area contributed by atoms with Crippen LogP contribution in [0.3, 0.4) is 0 Å². The van der Waals surface area contributed by atoms with Crippen molar-refractivity contribution in [2.75, 3.05) is 13.1 Å². The van der Waals surface area contributed by atoms with Crippen molar-refractivity contribution in [3.8, 4) is 0 Å². The first-order valence-electron chi connectivity index (χ1n) is 6.34. The van der Waals surface area contributed by atoms with Gasteiger partial charge < -0.3 is 5.32 Å². The van der Waals surface area contributed by atoms with Crippen LogP contribution >= 0.6 is 11.6 Å². The molecule has 1 rings (SSSR count). The van der Waals surface area contributed by atoms with Crippen LogP contribution in [0.1, 0.15) is 20.3 Å². The molecule has 0 saturated carbocycles. The summed E-state index contributed by atoms with van der Waals surface area (Å²) >= 11 is 5.84. The molecule has 0 aliphatic carbocycles. The van der Waals surface area contributed by atoms with Gasteiger partial charge in [0.2, 0.25) is 15.9 Å². The van der Waals surface area contributed by atoms with E-state index in [2.05, 4.69) is 10.0 Å². The van der Waals surface area contributed by atoms with Gasteiger partial charge in [0, 0.05) is 19.5 Å². The first-order chi connectivity index (χ1) is 9.33. The minimum Gasteiger partial charge on any atom is -0.356 e. The van der Waals surface area contributed by atoms with E-state index in [1.807, 2.05) is 13.8 Å². The van der Waals surface area contributed by atoms with E-state index in [1.54, 1.807) is 12.1 Å². The summed E-state index contributed by atoms with van der Waals surface area (Å²) in [5, 5.41) is 2.88. The molecule has 1 amide bonds. The van der Waals surface area contributed by atoms with Crippen LogP contribution in [0.15, 0.2) is 29.2 Å². The van der Waals surface area contributed by atoms with E-state index in [9.17, 15) is 13.2 Å². The molecule has 0 fully saturated rings. The molecule has 20 heavy (non-hydrogen) atoms. The van der Waals surface area contributed by atoms with E-state index < -0.39 is 10.0 Å². The zero-order valence-corrected chi connectivity index (χ0v) is 13.1. The van der Waals surface area contributed by atoms with Crippen molar-refractivity contribution in [2.45, 2.75) is 25.2 Å². The van der Waals surface area contributed by atoms with Crippen LogP contribution in [0.25, 0.3) is 0 Å². The molecule has 5 nitrogen and oxygen atoms in total. The highest BCUT2D eigenvalue weighted by Gasteiger charge is 2.17. The van der Waals surface area contributed by atoms with Crippen molar-refractivity contribution >= 4 is 27.5 Å². The van der Waals surface area contributed by atoms with Crippen molar-refractivity contribution in [1.29, 1.82) is 0 Å². The van der Waals surface area contributed by atoms with Crippen molar-refractivity contribution in [2.24, 2.45) is 5.92 Å². The van der Waals surface area contributed by atoms with Gasteiger partial charge in [-0.25, -0.2) is 13.1 Å². The Morgan fingerprint density at radius 3 is 2.55 bits per heavy atom. The molecule has 7 heteroatoms. The molecule has 0 aromatic heterocycles. The highest BCUT2D eigenvalue weighted by atomic mass is 35.5. The fourth-order valence-electron chi connectivity index (χ4n) is 1.45. The predicted molar refractivity (Wildman–Crippen MR) is 79.1 cm³/mol. The SMILES string of the molecule is CC(C)CNC(=O)CCNS(=O)(=O)c1ccccc1Cl. The number of carbonyl (C=O) groups excluding carboxylic acids is 1. The van der Waals surface area contributed by atoms with Gasteiger partial charge in [0.15, 0.2) is 0 Å². The molecule has 0 unspecified atom stereocenters. The normalized spacial score (nSPS) is 11.6. The van der Waals surface area contributed by atoms with Gasteiger partial charge in [0.05, 0.1) is 5.02 Å². The van der Waals surface area contributed by atoms with Gasteiger partial charge in [-0.05, 0) is 18.1 Å². The quantitative estimate of drug-likeness (QED) is 0.804. The fraction of sp³-hybridized carbons (Fsp3) is 0.462. The maximum absolute atomic E-state index is 12.0. The highest BCUT2D eigenvalue weighted by Crippen LogP contribution is 2.19. The van der Waals surface area contributed by atoms with Crippen molar-refractivity contribution in [1.82, 2.24) is 10.0 Å². The minimum atomic E-state index is -3.68. The van der Waals surface area contributed by atoms with E-state index >= 15 is 0 Å². The lowest BCUT2D eigenvalue weighted by atomic mass is 10.2. The molecule has 1 aromatic rings. The van der Waals surface area contributed by atoms with E-state index in [0.29, 0.717) is 12.5 Å². The zero-order valence-electron chi connectivity index (χ0n) is 11.5. The van der Waals surface area contributed by atoms with E-state index in [1.165, 1.54) is 12.1 Å². The Hall–Kier alpha value is -1.11. The average molecular weight is 319 g/mol. The van der Waals surface area contributed by atoms with Crippen LogP contribution in [0, 0.1) is 5.92 Å². The van der Waals surface area contributed by atoms with E-state index in [0.717, 1.165) is 0 Å². The lowest BCUT2D eigenvalue weighted by Gasteiger charge is -2.09. The molecule has 0 spiro atoms. The molecule has 1 aromatic carbocycles. The lowest BCUT2D eigenvalue weighted by Crippen LogP contribution is -2.32. The number of halogens is 1. The Kier molecular flexibility index (Phi) is 6.45. The third kappa shape index (κ3) is 5.48. The first-order valence-corrected chi connectivity index (χ1v) is 8.20. The number of nitrogens with one attached hydrogen (secondary N) is 2. The Balaban J connectivity index is 2.49. The Morgan fingerprint density at radius 1 is 1.30 bits per heavy atom. The monoisotopic (exact) mass is 318 g/mol. The fourth-order valence-corrected chi connectivity index (χ4v) is 2.99. The predicted octanol–water partition coefficient (Wildman–Crippen LogP) is 1.78. The van der Waals surface area contributed by atoms with Crippen molar-refractivity contribution in [3.63, 3.8) is 0 Å². The van der Waals surface area contributed by atoms with E-state index in [-0.39, 0.29) is 28.8 Å². The molecule has 112 valence electrons. The molecule has 0 heterocycles. The molecule has 0 radical (unpaired) electrons. The molecule has 0 bridgehead atoms. The summed E-state index contributed by atoms with van der Waals surface area (Å²) in [6.07, 6.45) is 0.0937. The first kappa shape index (κ1) is 16.9. The molecule has 2 N–H and O–H groups in total. The van der Waals surface area contributed by atoms with Crippen LogP contribution in [-0.4, -0.2) is 27.4 Å². The largest absolute Gasteiger partial charge is 0.356 e. The second kappa shape index (κ2) is 7.61. The number of carbonyl (C=O) groups is 1. The molecule has 0 saturated heterocycles. The topological polar surface area (TPSA) is 75.3 Å². The van der Waals surface area contributed by atoms with Gasteiger partial charge in [-0.1, -0.05) is 37.6 Å². The summed E-state index contributed by atoms with van der Waals surface area (Å²) in [6, 6.07) is 6.17. The summed E-state index contributed by atoms with van der Waals surface area (Å²) < 4.78 is 26.3. The second-order valence-corrected chi connectivity index (χ2v) is 6.92. The maximum Gasteiger partial charge on any atom is 0.242 e. The minimum absolute atomic E-state index is 0.0178. The van der Waals surface area contributed by atoms with E-state index in [4.69, 9.17) is 11.6 Å². The summed E-state index contributed by atoms with van der Waals surface area (Å²) in [7, 11) is -3.68. The number of benzene rings is 1. The molecule has 0 aliphatic heterocycles. The summed E-state index contributed by atoms with van der Waals surface area (Å²) in [5.41, 5.74) is 0. The van der Waals surface area contributed by atoms with Gasteiger partial charge in [0.1, 0.15) is 4.90 Å². The smallest absolute Gasteiger partial charge is 0.242 e. The third-order valence-electron chi connectivity index (χ3n) is 2.48. The van der Waals surface area contributed by atoms with Crippen LogP contribution in [0.4, 0.5) is 0 Å². The van der Waals surface area contributed by atoms with Crippen LogP contribution in [0.2, 0.25) is 5.02 Å². The van der Waals surface area contributed by atoms with Crippen molar-refractivity contribution < 1.29 is 13.2 Å². The molecular weight excluding hydrogens is 300 g/mol. The standard InChI is InChI=1S/C13H19ClN2O3S/c1-10(2)9-15-13(17)7-8-16-20(18,19)12-6-4-3-5-11(12)14/h3-6,10,16H,7-9H2,1-2H3,(H,15,17).